The first kappa shape index (κ1) is 18.4. The Morgan fingerprint density at radius 1 is 1.31 bits per heavy atom. The average molecular weight is 358 g/mol. The Morgan fingerprint density at radius 3 is 2.69 bits per heavy atom. The molecule has 3 rings (SSSR count). The summed E-state index contributed by atoms with van der Waals surface area (Å²) in [5.74, 6) is 0.369. The van der Waals surface area contributed by atoms with Crippen molar-refractivity contribution in [2.45, 2.75) is 38.6 Å². The van der Waals surface area contributed by atoms with Gasteiger partial charge in [0.1, 0.15) is 5.82 Å². The molecule has 6 heteroatoms. The number of nitrogens with one attached hydrogen (secondary N) is 1. The molecule has 2 aromatic rings. The molecule has 1 aliphatic rings. The van der Waals surface area contributed by atoms with Gasteiger partial charge in [-0.25, -0.2) is 14.2 Å². The molecule has 1 N–H and O–H groups in total. The van der Waals surface area contributed by atoms with Gasteiger partial charge >= 0.3 is 6.03 Å². The third-order valence-electron chi connectivity index (χ3n) is 5.21. The zero-order valence-corrected chi connectivity index (χ0v) is 15.3. The van der Waals surface area contributed by atoms with Crippen molar-refractivity contribution < 1.29 is 9.18 Å². The summed E-state index contributed by atoms with van der Waals surface area (Å²) in [6.45, 7) is 4.35. The van der Waals surface area contributed by atoms with Crippen LogP contribution in [0.2, 0.25) is 0 Å². The Kier molecular flexibility index (Phi) is 6.26. The van der Waals surface area contributed by atoms with E-state index in [1.807, 2.05) is 27.8 Å². The monoisotopic (exact) mass is 358 g/mol. The second-order valence-corrected chi connectivity index (χ2v) is 7.14. The Labute approximate surface area is 154 Å². The fraction of sp³-hybridized carbons (Fsp3) is 0.500. The highest BCUT2D eigenvalue weighted by molar-refractivity contribution is 5.74. The second kappa shape index (κ2) is 8.83. The van der Waals surface area contributed by atoms with Crippen LogP contribution >= 0.6 is 0 Å². The van der Waals surface area contributed by atoms with E-state index in [4.69, 9.17) is 0 Å². The number of halogens is 1. The zero-order valence-electron chi connectivity index (χ0n) is 15.3. The van der Waals surface area contributed by atoms with Crippen molar-refractivity contribution in [3.8, 4) is 0 Å². The largest absolute Gasteiger partial charge is 0.338 e. The third kappa shape index (κ3) is 5.07. The molecular formula is C20H27FN4O. The zero-order chi connectivity index (χ0) is 18.4. The molecule has 1 atom stereocenters. The number of nitrogens with zero attached hydrogens (tertiary/aromatic N) is 3. The molecule has 0 bridgehead atoms. The van der Waals surface area contributed by atoms with Crippen molar-refractivity contribution in [2.75, 3.05) is 19.6 Å². The highest BCUT2D eigenvalue weighted by atomic mass is 19.1. The lowest BCUT2D eigenvalue weighted by molar-refractivity contribution is 0.170. The number of carbonyl (C=O) groups excluding carboxylic acids is 1. The summed E-state index contributed by atoms with van der Waals surface area (Å²) in [5.41, 5.74) is 1.17. The molecular weight excluding hydrogens is 331 g/mol. The van der Waals surface area contributed by atoms with Gasteiger partial charge in [-0.15, -0.1) is 0 Å². The van der Waals surface area contributed by atoms with Crippen molar-refractivity contribution >= 4 is 6.03 Å². The fourth-order valence-corrected chi connectivity index (χ4v) is 3.47. The van der Waals surface area contributed by atoms with Crippen LogP contribution in [0.5, 0.6) is 0 Å². The first-order valence-corrected chi connectivity index (χ1v) is 9.36. The quantitative estimate of drug-likeness (QED) is 0.857. The summed E-state index contributed by atoms with van der Waals surface area (Å²) in [5, 5.41) is 3.03. The minimum absolute atomic E-state index is 0.0306. The molecule has 1 aromatic heterocycles. The van der Waals surface area contributed by atoms with Crippen LogP contribution in [0.3, 0.4) is 0 Å². The van der Waals surface area contributed by atoms with Crippen LogP contribution in [-0.2, 0) is 6.42 Å². The molecule has 1 aliphatic heterocycles. The van der Waals surface area contributed by atoms with Crippen LogP contribution in [0, 0.1) is 11.7 Å². The lowest BCUT2D eigenvalue weighted by Gasteiger charge is -2.32. The maximum Gasteiger partial charge on any atom is 0.317 e. The normalized spacial score (nSPS) is 16.5. The van der Waals surface area contributed by atoms with E-state index >= 15 is 0 Å². The van der Waals surface area contributed by atoms with Crippen molar-refractivity contribution in [3.63, 3.8) is 0 Å². The van der Waals surface area contributed by atoms with Gasteiger partial charge in [0.2, 0.25) is 0 Å². The van der Waals surface area contributed by atoms with E-state index in [2.05, 4.69) is 17.2 Å². The molecule has 1 unspecified atom stereocenters. The summed E-state index contributed by atoms with van der Waals surface area (Å²) in [4.78, 5) is 18.3. The van der Waals surface area contributed by atoms with Gasteiger partial charge in [0.05, 0.1) is 6.33 Å². The number of benzene rings is 1. The molecule has 0 spiro atoms. The Morgan fingerprint density at radius 2 is 2.04 bits per heavy atom. The number of aromatic nitrogens is 2. The molecule has 0 radical (unpaired) electrons. The van der Waals surface area contributed by atoms with E-state index in [-0.39, 0.29) is 11.8 Å². The number of amides is 2. The summed E-state index contributed by atoms with van der Waals surface area (Å²) >= 11 is 0. The van der Waals surface area contributed by atoms with E-state index in [9.17, 15) is 9.18 Å². The van der Waals surface area contributed by atoms with Crippen LogP contribution in [0.4, 0.5) is 9.18 Å². The van der Waals surface area contributed by atoms with Crippen molar-refractivity contribution in [1.82, 2.24) is 19.8 Å². The number of likely N-dealkylation sites (tertiary alicyclic amines) is 1. The number of urea groups is 1. The van der Waals surface area contributed by atoms with Gasteiger partial charge < -0.3 is 14.8 Å². The molecule has 26 heavy (non-hydrogen) atoms. The minimum Gasteiger partial charge on any atom is -0.338 e. The molecule has 140 valence electrons. The minimum atomic E-state index is -0.192. The Balaban J connectivity index is 1.36. The topological polar surface area (TPSA) is 50.2 Å². The van der Waals surface area contributed by atoms with E-state index in [0.717, 1.165) is 38.8 Å². The first-order valence-electron chi connectivity index (χ1n) is 9.36. The van der Waals surface area contributed by atoms with E-state index in [1.165, 1.54) is 17.7 Å². The van der Waals surface area contributed by atoms with Gasteiger partial charge in [-0.3, -0.25) is 0 Å². The van der Waals surface area contributed by atoms with Crippen LogP contribution < -0.4 is 5.32 Å². The highest BCUT2D eigenvalue weighted by Gasteiger charge is 2.22. The molecule has 1 aromatic carbocycles. The molecule has 0 saturated carbocycles. The summed E-state index contributed by atoms with van der Waals surface area (Å²) < 4.78 is 15.0. The van der Waals surface area contributed by atoms with Gasteiger partial charge in [0.15, 0.2) is 0 Å². The van der Waals surface area contributed by atoms with Gasteiger partial charge in [0, 0.05) is 38.1 Å². The van der Waals surface area contributed by atoms with Crippen molar-refractivity contribution in [1.29, 1.82) is 0 Å². The van der Waals surface area contributed by atoms with Gasteiger partial charge in [-0.2, -0.15) is 0 Å². The first-order chi connectivity index (χ1) is 12.6. The number of piperidine rings is 1. The standard InChI is InChI=1S/C20H27FN4O/c1-16(25-13-10-22-15-25)6-9-23-20(26)24-11-7-18(8-12-24)14-17-2-4-19(21)5-3-17/h2-5,10,13,15-16,18H,6-9,11-12,14H2,1H3,(H,23,26). The average Bonchev–Trinajstić information content (AvgIpc) is 3.19. The number of imidazole rings is 1. The molecule has 1 fully saturated rings. The fourth-order valence-electron chi connectivity index (χ4n) is 3.47. The van der Waals surface area contributed by atoms with Crippen LogP contribution in [0.15, 0.2) is 43.0 Å². The van der Waals surface area contributed by atoms with Gasteiger partial charge in [0.25, 0.3) is 0 Å². The lowest BCUT2D eigenvalue weighted by atomic mass is 9.90. The molecule has 5 nitrogen and oxygen atoms in total. The molecule has 2 amide bonds. The Bertz CT molecular complexity index is 678. The van der Waals surface area contributed by atoms with E-state index in [1.54, 1.807) is 12.5 Å². The number of hydrogen-bond acceptors (Lipinski definition) is 2. The SMILES string of the molecule is CC(CCNC(=O)N1CCC(Cc2ccc(F)cc2)CC1)n1ccnc1. The molecule has 2 heterocycles. The molecule has 0 aliphatic carbocycles. The van der Waals surface area contributed by atoms with Crippen LogP contribution in [0.1, 0.15) is 37.8 Å². The van der Waals surface area contributed by atoms with Crippen molar-refractivity contribution in [3.05, 3.63) is 54.4 Å². The van der Waals surface area contributed by atoms with Crippen molar-refractivity contribution in [2.24, 2.45) is 5.92 Å². The summed E-state index contributed by atoms with van der Waals surface area (Å²) in [6.07, 6.45) is 9.34. The summed E-state index contributed by atoms with van der Waals surface area (Å²) in [7, 11) is 0. The maximum absolute atomic E-state index is 13.0. The summed E-state index contributed by atoms with van der Waals surface area (Å²) in [6, 6.07) is 7.10. The van der Waals surface area contributed by atoms with E-state index in [0.29, 0.717) is 18.5 Å². The van der Waals surface area contributed by atoms with Crippen LogP contribution in [0.25, 0.3) is 0 Å². The number of rotatable bonds is 6. The second-order valence-electron chi connectivity index (χ2n) is 7.14. The lowest BCUT2D eigenvalue weighted by Crippen LogP contribution is -2.45. The van der Waals surface area contributed by atoms with E-state index < -0.39 is 0 Å². The van der Waals surface area contributed by atoms with Gasteiger partial charge in [-0.05, 0) is 56.2 Å². The highest BCUT2D eigenvalue weighted by Crippen LogP contribution is 2.22. The molecule has 1 saturated heterocycles. The maximum atomic E-state index is 13.0. The number of hydrogen-bond donors (Lipinski definition) is 1. The Hall–Kier alpha value is -2.37. The predicted octanol–water partition coefficient (Wildman–Crippen LogP) is 3.64. The van der Waals surface area contributed by atoms with Crippen LogP contribution in [-0.4, -0.2) is 40.1 Å². The number of carbonyl (C=O) groups is 1. The predicted molar refractivity (Wildman–Crippen MR) is 99.4 cm³/mol. The van der Waals surface area contributed by atoms with Gasteiger partial charge in [-0.1, -0.05) is 12.1 Å². The third-order valence-corrected chi connectivity index (χ3v) is 5.21. The smallest absolute Gasteiger partial charge is 0.317 e.